The summed E-state index contributed by atoms with van der Waals surface area (Å²) in [7, 11) is -12.2. The van der Waals surface area contributed by atoms with Gasteiger partial charge in [0.1, 0.15) is 23.0 Å². The van der Waals surface area contributed by atoms with Gasteiger partial charge in [0, 0.05) is 32.5 Å². The molecule has 6 aromatic carbocycles. The number of ether oxygens (including phenoxy) is 2. The Bertz CT molecular complexity index is 4150. The number of ketones is 2. The van der Waals surface area contributed by atoms with Crippen molar-refractivity contribution >= 4 is 59.2 Å². The van der Waals surface area contributed by atoms with Gasteiger partial charge in [-0.1, -0.05) is 54.6 Å². The number of hydrogen-bond donors (Lipinski definition) is 3. The molecule has 3 aliphatic rings. The molecule has 0 aromatic heterocycles. The molecule has 6 aromatic rings. The molecule has 0 unspecified atom stereocenters. The summed E-state index contributed by atoms with van der Waals surface area (Å²) in [5.74, 6) is -0.925. The number of carbonyl (C=O) groups is 5. The molecule has 3 heterocycles. The number of sulfone groups is 3. The first kappa shape index (κ1) is 79.8. The molecule has 4 N–H and O–H groups in total. The zero-order valence-electron chi connectivity index (χ0n) is 54.8. The maximum Gasteiger partial charge on any atom is 0.416 e. The van der Waals surface area contributed by atoms with Gasteiger partial charge in [0.25, 0.3) is 0 Å². The van der Waals surface area contributed by atoms with Crippen LogP contribution in [0.4, 0.5) is 49.1 Å². The summed E-state index contributed by atoms with van der Waals surface area (Å²) in [5.41, 5.74) is 3.35. The van der Waals surface area contributed by atoms with E-state index in [0.717, 1.165) is 91.5 Å². The highest BCUT2D eigenvalue weighted by Crippen LogP contribution is 2.36. The van der Waals surface area contributed by atoms with Gasteiger partial charge >= 0.3 is 36.7 Å². The van der Waals surface area contributed by atoms with Gasteiger partial charge in [-0.15, -0.1) is 0 Å². The van der Waals surface area contributed by atoms with E-state index in [1.807, 2.05) is 0 Å². The molecule has 538 valence electrons. The first-order valence-electron chi connectivity index (χ1n) is 31.2. The topological polar surface area (TPSA) is 271 Å². The summed E-state index contributed by atoms with van der Waals surface area (Å²) in [6.07, 6.45) is -9.25. The highest BCUT2D eigenvalue weighted by Gasteiger charge is 2.39. The van der Waals surface area contributed by atoms with E-state index in [-0.39, 0.29) is 45.3 Å². The largest absolute Gasteiger partial charge is 0.480 e. The molecule has 3 fully saturated rings. The number of benzene rings is 6. The summed E-state index contributed by atoms with van der Waals surface area (Å²) >= 11 is 0. The van der Waals surface area contributed by atoms with Crippen molar-refractivity contribution in [1.82, 2.24) is 15.1 Å². The van der Waals surface area contributed by atoms with Crippen LogP contribution in [0.5, 0.6) is 0 Å². The number of nitrogens with two attached hydrogens (primary N) is 1. The maximum atomic E-state index is 13.0. The number of likely N-dealkylation sites (tertiary alicyclic amines) is 2. The van der Waals surface area contributed by atoms with Crippen molar-refractivity contribution in [2.45, 2.75) is 190 Å². The molecule has 0 radical (unpaired) electrons. The summed E-state index contributed by atoms with van der Waals surface area (Å²) < 4.78 is 201. The predicted octanol–water partition coefficient (Wildman–Crippen LogP) is 13.7. The minimum atomic E-state index is -4.65. The summed E-state index contributed by atoms with van der Waals surface area (Å²) in [4.78, 5) is 60.9. The number of aryl methyl sites for hydroxylation is 2. The van der Waals surface area contributed by atoms with Crippen LogP contribution in [0.1, 0.15) is 126 Å². The second kappa shape index (κ2) is 32.9. The number of carboxylic acids is 1. The Hall–Kier alpha value is -8.19. The standard InChI is InChI=1S/C25H28F3NO5S.C20H20F3NO3S.C14H12F3NO2S.C10H17NO4/c1-24(2,3)34-23(31)29-15-5-8-21(29)22(30)14-11-17-9-12-19(13-10-17)35(32,33)20-7-4-6-18(16-20)25(26,27)28;21-20(22,23)15-3-1-4-17(13-15)28(26,27)16-9-6-14(7-10-16)8-11-19(25)18-5-2-12-24-18;15-14(16,17)11-2-1-3-13(8-11)21(19,20)12-6-4-10(9-18)5-7-12;1-10(2,3)15-9(14)11-6-4-5-7(11)8(12)13/h4,6-7,9-10,12-13,16,21H,5,8,11,14-15H2,1-3H3;1,3-4,6-7,9-10,13,18,24H,2,5,8,11-12H2;1-8H,9,18H2;7H,4-6H2,1-3H3,(H,12,13)/t21-;18-;;7-/m11.1/s1. The first-order chi connectivity index (χ1) is 45.9. The average Bonchev–Trinajstić information content (AvgIpc) is 1.45. The van der Waals surface area contributed by atoms with E-state index in [9.17, 15) is 88.7 Å². The zero-order chi connectivity index (χ0) is 73.7. The van der Waals surface area contributed by atoms with Crippen LogP contribution in [0, 0.1) is 0 Å². The summed E-state index contributed by atoms with van der Waals surface area (Å²) in [6, 6.07) is 26.9. The second-order valence-corrected chi connectivity index (χ2v) is 31.2. The van der Waals surface area contributed by atoms with Crippen LogP contribution >= 0.6 is 0 Å². The maximum absolute atomic E-state index is 13.0. The molecule has 3 atom stereocenters. The molecule has 18 nitrogen and oxygen atoms in total. The third-order valence-electron chi connectivity index (χ3n) is 15.5. The second-order valence-electron chi connectivity index (χ2n) is 25.3. The van der Waals surface area contributed by atoms with Crippen LogP contribution in [0.3, 0.4) is 0 Å². The number of carbonyl (C=O) groups excluding carboxylic acids is 4. The van der Waals surface area contributed by atoms with Crippen molar-refractivity contribution in [3.8, 4) is 0 Å². The van der Waals surface area contributed by atoms with Crippen molar-refractivity contribution < 1.29 is 103 Å². The molecule has 0 bridgehead atoms. The van der Waals surface area contributed by atoms with Gasteiger partial charge in [-0.2, -0.15) is 39.5 Å². The van der Waals surface area contributed by atoms with Crippen LogP contribution in [-0.4, -0.2) is 119 Å². The molecule has 99 heavy (non-hydrogen) atoms. The Morgan fingerprint density at radius 3 is 1.11 bits per heavy atom. The van der Waals surface area contributed by atoms with Gasteiger partial charge in [0.05, 0.1) is 58.1 Å². The first-order valence-corrected chi connectivity index (χ1v) is 35.6. The van der Waals surface area contributed by atoms with Gasteiger partial charge < -0.3 is 25.6 Å². The number of nitrogens with one attached hydrogen (secondary N) is 1. The fraction of sp³-hybridized carbons (Fsp3) is 0.406. The molecular formula is C69H77F9N4O14S3. The monoisotopic (exact) mass is 1450 g/mol. The number of hydrogen-bond acceptors (Lipinski definition) is 15. The van der Waals surface area contributed by atoms with Crippen LogP contribution < -0.4 is 11.1 Å². The predicted molar refractivity (Wildman–Crippen MR) is 345 cm³/mol. The van der Waals surface area contributed by atoms with Crippen molar-refractivity contribution in [1.29, 1.82) is 0 Å². The fourth-order valence-corrected chi connectivity index (χ4v) is 14.4. The van der Waals surface area contributed by atoms with Crippen LogP contribution in [0.2, 0.25) is 0 Å². The van der Waals surface area contributed by atoms with E-state index < -0.39 is 121 Å². The highest BCUT2D eigenvalue weighted by atomic mass is 32.2. The Morgan fingerprint density at radius 1 is 0.465 bits per heavy atom. The number of alkyl halides is 9. The van der Waals surface area contributed by atoms with Crippen molar-refractivity contribution in [3.63, 3.8) is 0 Å². The minimum Gasteiger partial charge on any atom is -0.480 e. The number of carboxylic acid groups (broad SMARTS) is 1. The summed E-state index contributed by atoms with van der Waals surface area (Å²) in [5, 5.41) is 12.0. The summed E-state index contributed by atoms with van der Waals surface area (Å²) in [6.45, 7) is 12.6. The van der Waals surface area contributed by atoms with Crippen molar-refractivity contribution in [2.75, 3.05) is 19.6 Å². The van der Waals surface area contributed by atoms with E-state index in [1.54, 1.807) is 53.7 Å². The van der Waals surface area contributed by atoms with Gasteiger partial charge in [-0.05, 0) is 207 Å². The minimum absolute atomic E-state index is 0.0703. The smallest absolute Gasteiger partial charge is 0.416 e. The number of halogens is 9. The SMILES string of the molecule is CC(C)(C)OC(=O)N1CCC[C@@H]1C(=O)CCc1ccc(S(=O)(=O)c2cccc(C(F)(F)F)c2)cc1.CC(C)(C)OC(=O)N1CCC[C@@H]1C(=O)O.NCc1ccc(S(=O)(=O)c2cccc(C(F)(F)F)c2)cc1.O=C(CCc1ccc(S(=O)(=O)c2cccc(C(F)(F)F)c2)cc1)[C@H]1CCCN1. The lowest BCUT2D eigenvalue weighted by atomic mass is 10.0. The van der Waals surface area contributed by atoms with Gasteiger partial charge in [0.2, 0.25) is 29.5 Å². The Morgan fingerprint density at radius 2 is 0.798 bits per heavy atom. The lowest BCUT2D eigenvalue weighted by Gasteiger charge is -2.28. The van der Waals surface area contributed by atoms with E-state index in [4.69, 9.17) is 20.3 Å². The fourth-order valence-electron chi connectivity index (χ4n) is 10.4. The molecule has 0 aliphatic carbocycles. The molecule has 0 saturated carbocycles. The molecule has 3 saturated heterocycles. The highest BCUT2D eigenvalue weighted by molar-refractivity contribution is 7.92. The van der Waals surface area contributed by atoms with Crippen LogP contribution in [-0.2, 0) is 91.3 Å². The quantitative estimate of drug-likeness (QED) is 0.0760. The number of rotatable bonds is 16. The normalized spacial score (nSPS) is 16.8. The van der Waals surface area contributed by atoms with Crippen molar-refractivity contribution in [3.05, 3.63) is 179 Å². The van der Waals surface area contributed by atoms with Gasteiger partial charge in [-0.3, -0.25) is 19.4 Å². The van der Waals surface area contributed by atoms with Gasteiger partial charge in [0.15, 0.2) is 5.78 Å². The Balaban J connectivity index is 0.000000217. The molecule has 30 heteroatoms. The Kier molecular flexibility index (Phi) is 26.5. The van der Waals surface area contributed by atoms with Crippen molar-refractivity contribution in [2.24, 2.45) is 5.73 Å². The van der Waals surface area contributed by atoms with Gasteiger partial charge in [-0.25, -0.2) is 39.6 Å². The van der Waals surface area contributed by atoms with Crippen LogP contribution in [0.25, 0.3) is 0 Å². The number of nitrogens with zero attached hydrogens (tertiary/aromatic N) is 2. The van der Waals surface area contributed by atoms with Crippen LogP contribution in [0.15, 0.2) is 175 Å². The lowest BCUT2D eigenvalue weighted by molar-refractivity contribution is -0.142. The number of aliphatic carboxylic acids is 1. The molecule has 0 spiro atoms. The van der Waals surface area contributed by atoms with E-state index in [1.165, 1.54) is 70.5 Å². The van der Waals surface area contributed by atoms with E-state index >= 15 is 0 Å². The Labute approximate surface area is 568 Å². The molecule has 2 amide bonds. The number of Topliss-reactive ketones (excluding diaryl/α,β-unsaturated/α-hetero) is 2. The van der Waals surface area contributed by atoms with E-state index in [0.29, 0.717) is 75.4 Å². The number of amides is 2. The third kappa shape index (κ3) is 22.7. The average molecular weight is 1450 g/mol. The lowest BCUT2D eigenvalue weighted by Crippen LogP contribution is -2.43. The molecule has 3 aliphatic heterocycles. The molecular weight excluding hydrogens is 1380 g/mol. The van der Waals surface area contributed by atoms with E-state index in [2.05, 4.69) is 5.32 Å². The molecule has 9 rings (SSSR count). The third-order valence-corrected chi connectivity index (χ3v) is 20.8. The zero-order valence-corrected chi connectivity index (χ0v) is 57.3.